The van der Waals surface area contributed by atoms with E-state index in [1.54, 1.807) is 6.21 Å². The van der Waals surface area contributed by atoms with Gasteiger partial charge in [0.2, 0.25) is 5.91 Å². The van der Waals surface area contributed by atoms with Crippen LogP contribution in [0.4, 0.5) is 0 Å². The Morgan fingerprint density at radius 3 is 2.48 bits per heavy atom. The number of benzene rings is 1. The van der Waals surface area contributed by atoms with Crippen LogP contribution in [0, 0.1) is 11.8 Å². The van der Waals surface area contributed by atoms with Gasteiger partial charge in [-0.05, 0) is 23.0 Å². The first-order chi connectivity index (χ1) is 11.9. The Morgan fingerprint density at radius 1 is 1.20 bits per heavy atom. The zero-order valence-electron chi connectivity index (χ0n) is 15.5. The minimum atomic E-state index is -0.0163. The Balaban J connectivity index is 2.09. The van der Waals surface area contributed by atoms with Crippen molar-refractivity contribution in [2.75, 3.05) is 18.8 Å². The third-order valence-corrected chi connectivity index (χ3v) is 4.49. The van der Waals surface area contributed by atoms with Crippen LogP contribution in [0.15, 0.2) is 34.5 Å². The lowest BCUT2D eigenvalue weighted by Crippen LogP contribution is -2.31. The number of amides is 1. The number of hydrogen-bond donors (Lipinski definition) is 1. The van der Waals surface area contributed by atoms with E-state index in [1.807, 2.05) is 6.07 Å². The van der Waals surface area contributed by atoms with E-state index in [9.17, 15) is 4.79 Å². The first kappa shape index (κ1) is 19.7. The fourth-order valence-electron chi connectivity index (χ4n) is 2.80. The molecule has 136 valence electrons. The number of rotatable bonds is 8. The quantitative estimate of drug-likeness (QED) is 0.571. The number of nitrogens with one attached hydrogen (secondary N) is 1. The van der Waals surface area contributed by atoms with E-state index in [4.69, 9.17) is 0 Å². The van der Waals surface area contributed by atoms with Crippen molar-refractivity contribution < 1.29 is 4.79 Å². The molecule has 0 spiro atoms. The minimum Gasteiger partial charge on any atom is -0.303 e. The molecule has 0 radical (unpaired) electrons. The highest BCUT2D eigenvalue weighted by Gasteiger charge is 2.16. The lowest BCUT2D eigenvalue weighted by atomic mass is 10.1. The molecule has 1 aliphatic rings. The molecule has 25 heavy (non-hydrogen) atoms. The Hall–Kier alpha value is -1.66. The van der Waals surface area contributed by atoms with Crippen LogP contribution < -0.4 is 5.32 Å². The van der Waals surface area contributed by atoms with Gasteiger partial charge in [0, 0.05) is 19.6 Å². The number of thioether (sulfide) groups is 1. The molecule has 0 unspecified atom stereocenters. The highest BCUT2D eigenvalue weighted by atomic mass is 32.2. The fraction of sp³-hybridized carbons (Fsp3) is 0.526. The maximum absolute atomic E-state index is 11.2. The van der Waals surface area contributed by atoms with Crippen molar-refractivity contribution in [1.82, 2.24) is 10.2 Å². The molecular weight excluding hydrogens is 332 g/mol. The van der Waals surface area contributed by atoms with Gasteiger partial charge in [-0.15, -0.1) is 5.10 Å². The van der Waals surface area contributed by atoms with Gasteiger partial charge in [-0.3, -0.25) is 9.69 Å². The third-order valence-electron chi connectivity index (χ3n) is 3.63. The molecular formula is C19H28N4OS. The molecule has 1 aromatic rings. The molecule has 0 aromatic heterocycles. The topological polar surface area (TPSA) is 57.1 Å². The third kappa shape index (κ3) is 7.00. The predicted octanol–water partition coefficient (Wildman–Crippen LogP) is 3.35. The molecule has 1 heterocycles. The monoisotopic (exact) mass is 360 g/mol. The summed E-state index contributed by atoms with van der Waals surface area (Å²) in [6.07, 6.45) is 1.77. The van der Waals surface area contributed by atoms with Crippen LogP contribution >= 0.6 is 11.8 Å². The van der Waals surface area contributed by atoms with Crippen LogP contribution in [0.2, 0.25) is 0 Å². The van der Waals surface area contributed by atoms with Crippen LogP contribution in [-0.4, -0.2) is 41.0 Å². The number of amidine groups is 1. The van der Waals surface area contributed by atoms with Crippen molar-refractivity contribution in [3.05, 3.63) is 35.4 Å². The van der Waals surface area contributed by atoms with Gasteiger partial charge in [-0.2, -0.15) is 5.10 Å². The zero-order valence-corrected chi connectivity index (χ0v) is 16.3. The largest absolute Gasteiger partial charge is 0.303 e. The highest BCUT2D eigenvalue weighted by Crippen LogP contribution is 2.14. The Morgan fingerprint density at radius 2 is 1.88 bits per heavy atom. The summed E-state index contributed by atoms with van der Waals surface area (Å²) in [5.41, 5.74) is 2.31. The summed E-state index contributed by atoms with van der Waals surface area (Å²) in [4.78, 5) is 13.7. The second kappa shape index (κ2) is 9.73. The minimum absolute atomic E-state index is 0.0163. The highest BCUT2D eigenvalue weighted by molar-refractivity contribution is 8.15. The summed E-state index contributed by atoms with van der Waals surface area (Å²) in [5, 5.41) is 11.5. The van der Waals surface area contributed by atoms with E-state index in [-0.39, 0.29) is 5.91 Å². The van der Waals surface area contributed by atoms with Crippen LogP contribution in [-0.2, 0) is 11.3 Å². The van der Waals surface area contributed by atoms with E-state index in [0.717, 1.165) is 25.2 Å². The number of carbonyl (C=O) groups is 1. The van der Waals surface area contributed by atoms with Crippen molar-refractivity contribution in [1.29, 1.82) is 0 Å². The second-order valence-corrected chi connectivity index (χ2v) is 8.13. The standard InChI is InChI=1S/C19H28N4OS/c1-14(2)10-23(11-15(3)4)12-17-8-6-5-7-16(17)9-20-22-19-21-18(24)13-25-19/h5-9,14-15H,10-13H2,1-4H3,(H,21,22,24). The van der Waals surface area contributed by atoms with Gasteiger partial charge in [0.25, 0.3) is 0 Å². The molecule has 1 saturated heterocycles. The van der Waals surface area contributed by atoms with Gasteiger partial charge >= 0.3 is 0 Å². The van der Waals surface area contributed by atoms with E-state index in [1.165, 1.54) is 17.3 Å². The molecule has 1 fully saturated rings. The molecule has 5 nitrogen and oxygen atoms in total. The van der Waals surface area contributed by atoms with Crippen LogP contribution in [0.1, 0.15) is 38.8 Å². The van der Waals surface area contributed by atoms with E-state index >= 15 is 0 Å². The van der Waals surface area contributed by atoms with E-state index in [0.29, 0.717) is 22.8 Å². The van der Waals surface area contributed by atoms with Gasteiger partial charge in [0.05, 0.1) is 12.0 Å². The van der Waals surface area contributed by atoms with Gasteiger partial charge in [-0.1, -0.05) is 63.7 Å². The summed E-state index contributed by atoms with van der Waals surface area (Å²) >= 11 is 1.38. The molecule has 6 heteroatoms. The molecule has 1 amide bonds. The Kier molecular flexibility index (Phi) is 7.65. The second-order valence-electron chi connectivity index (χ2n) is 7.17. The number of hydrogen-bond acceptors (Lipinski definition) is 5. The molecule has 0 aliphatic carbocycles. The van der Waals surface area contributed by atoms with Gasteiger partial charge in [0.15, 0.2) is 5.17 Å². The maximum atomic E-state index is 11.2. The summed E-state index contributed by atoms with van der Waals surface area (Å²) in [6.45, 7) is 12.1. The van der Waals surface area contributed by atoms with Crippen LogP contribution in [0.3, 0.4) is 0 Å². The normalized spacial score (nSPS) is 16.8. The first-order valence-electron chi connectivity index (χ1n) is 8.78. The summed E-state index contributed by atoms with van der Waals surface area (Å²) in [5.74, 6) is 1.67. The maximum Gasteiger partial charge on any atom is 0.236 e. The number of carbonyl (C=O) groups excluding carboxylic acids is 1. The number of nitrogens with zero attached hydrogens (tertiary/aromatic N) is 3. The molecule has 1 N–H and O–H groups in total. The first-order valence-corrected chi connectivity index (χ1v) is 9.76. The van der Waals surface area contributed by atoms with E-state index in [2.05, 4.69) is 66.3 Å². The van der Waals surface area contributed by atoms with Crippen molar-refractivity contribution in [3.63, 3.8) is 0 Å². The molecule has 0 atom stereocenters. The van der Waals surface area contributed by atoms with Crippen LogP contribution in [0.5, 0.6) is 0 Å². The summed E-state index contributed by atoms with van der Waals surface area (Å²) in [7, 11) is 0. The average Bonchev–Trinajstić information content (AvgIpc) is 2.93. The smallest absolute Gasteiger partial charge is 0.236 e. The average molecular weight is 361 g/mol. The molecule has 1 aliphatic heterocycles. The Bertz CT molecular complexity index is 630. The van der Waals surface area contributed by atoms with Crippen molar-refractivity contribution >= 4 is 29.1 Å². The van der Waals surface area contributed by atoms with Gasteiger partial charge in [0.1, 0.15) is 0 Å². The fourth-order valence-corrected chi connectivity index (χ4v) is 3.44. The van der Waals surface area contributed by atoms with E-state index < -0.39 is 0 Å². The Labute approximate surface area is 155 Å². The van der Waals surface area contributed by atoms with Crippen molar-refractivity contribution in [2.45, 2.75) is 34.2 Å². The van der Waals surface area contributed by atoms with Crippen LogP contribution in [0.25, 0.3) is 0 Å². The molecule has 0 bridgehead atoms. The molecule has 0 saturated carbocycles. The van der Waals surface area contributed by atoms with Crippen molar-refractivity contribution in [2.24, 2.45) is 22.0 Å². The predicted molar refractivity (Wildman–Crippen MR) is 107 cm³/mol. The molecule has 1 aromatic carbocycles. The molecule has 2 rings (SSSR count). The zero-order chi connectivity index (χ0) is 18.2. The SMILES string of the molecule is CC(C)CN(Cc1ccccc1C=NN=C1NC(=O)CS1)CC(C)C. The lowest BCUT2D eigenvalue weighted by molar-refractivity contribution is -0.116. The van der Waals surface area contributed by atoms with Gasteiger partial charge in [-0.25, -0.2) is 0 Å². The summed E-state index contributed by atoms with van der Waals surface area (Å²) in [6, 6.07) is 8.28. The lowest BCUT2D eigenvalue weighted by Gasteiger charge is -2.26. The van der Waals surface area contributed by atoms with Crippen molar-refractivity contribution in [3.8, 4) is 0 Å². The summed E-state index contributed by atoms with van der Waals surface area (Å²) < 4.78 is 0. The van der Waals surface area contributed by atoms with Gasteiger partial charge < -0.3 is 5.32 Å².